The Labute approximate surface area is 117 Å². The third kappa shape index (κ3) is 671. The fraction of sp³-hybridized carbons (Fsp3) is 0. The maximum Gasteiger partial charge on any atom is 0 e. The van der Waals surface area contributed by atoms with Gasteiger partial charge in [-0.1, -0.05) is 0 Å². The molecule has 0 spiro atoms. The van der Waals surface area contributed by atoms with Crippen molar-refractivity contribution in [1.29, 1.82) is 0 Å². The Balaban J connectivity index is 0. The van der Waals surface area contributed by atoms with E-state index in [0.717, 1.165) is 0 Å². The fourth-order valence-corrected chi connectivity index (χ4v) is 0. The van der Waals surface area contributed by atoms with E-state index in [2.05, 4.69) is 0 Å². The third-order valence-corrected chi connectivity index (χ3v) is 0. The normalized spacial score (nSPS) is 0. The SMILES string of the molecule is O.O.O.O.O.O.O.O.O.[Mo].[Mo].[Mo].[OH3+]. The second-order valence-corrected chi connectivity index (χ2v) is 0. The van der Waals surface area contributed by atoms with Crippen molar-refractivity contribution < 1.29 is 118 Å². The standard InChI is InChI=1S/3Mo.10H2O/h;;;10*1H2/p+1. The molecule has 0 aliphatic heterocycles. The molecule has 0 radical (unpaired) electrons. The molecule has 0 bridgehead atoms. The summed E-state index contributed by atoms with van der Waals surface area (Å²) in [7, 11) is 0. The van der Waals surface area contributed by atoms with Gasteiger partial charge in [0.05, 0.1) is 0 Å². The Bertz CT molecular complexity index is 10.1. The first kappa shape index (κ1) is 988. The van der Waals surface area contributed by atoms with E-state index in [1.54, 1.807) is 0 Å². The van der Waals surface area contributed by atoms with Crippen LogP contribution >= 0.6 is 0 Å². The van der Waals surface area contributed by atoms with Crippen molar-refractivity contribution in [2.75, 3.05) is 0 Å². The predicted octanol–water partition coefficient (Wildman–Crippen LogP) is -8.35. The summed E-state index contributed by atoms with van der Waals surface area (Å²) in [4.78, 5) is 0. The minimum Gasteiger partial charge on any atom is -0.457 e. The molecule has 0 aromatic rings. The Morgan fingerprint density at radius 1 is 0.231 bits per heavy atom. The molecule has 0 aliphatic carbocycles. The largest absolute Gasteiger partial charge is 0.457 e. The fourth-order valence-electron chi connectivity index (χ4n) is 0. The molecule has 0 amide bonds. The Hall–Kier alpha value is 1.66. The summed E-state index contributed by atoms with van der Waals surface area (Å²) in [5, 5.41) is 0. The minimum atomic E-state index is 0. The number of rotatable bonds is 0. The number of hydrogen-bond donors (Lipinski definition) is 0. The molecule has 0 fully saturated rings. The van der Waals surface area contributed by atoms with Crippen LogP contribution in [0.2, 0.25) is 0 Å². The summed E-state index contributed by atoms with van der Waals surface area (Å²) in [6.07, 6.45) is 0. The van der Waals surface area contributed by atoms with E-state index in [-0.39, 0.29) is 118 Å². The molecule has 0 rings (SSSR count). The van der Waals surface area contributed by atoms with Gasteiger partial charge in [-0.3, -0.25) is 0 Å². The zero-order valence-corrected chi connectivity index (χ0v) is 12.3. The molecule has 13 heavy (non-hydrogen) atoms. The monoisotopic (exact) mass is 475 g/mol. The van der Waals surface area contributed by atoms with E-state index >= 15 is 0 Å². The first-order valence-corrected chi connectivity index (χ1v) is 0. The second-order valence-electron chi connectivity index (χ2n) is 0. The van der Waals surface area contributed by atoms with Crippen LogP contribution in [0.1, 0.15) is 0 Å². The van der Waals surface area contributed by atoms with Crippen LogP contribution in [0.3, 0.4) is 0 Å². The molecule has 0 aliphatic rings. The molecule has 0 aromatic carbocycles. The van der Waals surface area contributed by atoms with Crippen molar-refractivity contribution in [2.24, 2.45) is 0 Å². The van der Waals surface area contributed by atoms with E-state index in [0.29, 0.717) is 0 Å². The van der Waals surface area contributed by atoms with Gasteiger partial charge in [0.1, 0.15) is 0 Å². The van der Waals surface area contributed by atoms with Crippen LogP contribution in [0, 0.1) is 0 Å². The average molecular weight is 469 g/mol. The molecule has 13 heteroatoms. The minimum absolute atomic E-state index is 0. The van der Waals surface area contributed by atoms with Gasteiger partial charge in [-0.2, -0.15) is 0 Å². The van der Waals surface area contributed by atoms with Crippen LogP contribution in [0.25, 0.3) is 0 Å². The summed E-state index contributed by atoms with van der Waals surface area (Å²) >= 11 is 0. The molecule has 0 heterocycles. The molecule has 10 nitrogen and oxygen atoms in total. The maximum atomic E-state index is 0. The zero-order chi connectivity index (χ0) is 0. The van der Waals surface area contributed by atoms with Crippen LogP contribution in [0.5, 0.6) is 0 Å². The van der Waals surface area contributed by atoms with E-state index in [4.69, 9.17) is 0 Å². The molecule has 98 valence electrons. The molecule has 0 unspecified atom stereocenters. The van der Waals surface area contributed by atoms with E-state index in [1.807, 2.05) is 0 Å². The van der Waals surface area contributed by atoms with Gasteiger partial charge >= 0.3 is 0 Å². The van der Waals surface area contributed by atoms with Crippen molar-refractivity contribution in [2.45, 2.75) is 0 Å². The van der Waals surface area contributed by atoms with Crippen LogP contribution in [-0.2, 0) is 68.7 Å². The molecule has 21 N–H and O–H groups in total. The summed E-state index contributed by atoms with van der Waals surface area (Å²) in [5.41, 5.74) is 0. The summed E-state index contributed by atoms with van der Waals surface area (Å²) in [6, 6.07) is 0. The van der Waals surface area contributed by atoms with Gasteiger partial charge in [-0.25, -0.2) is 0 Å². The quantitative estimate of drug-likeness (QED) is 0.236. The van der Waals surface area contributed by atoms with Gasteiger partial charge in [0.25, 0.3) is 0 Å². The van der Waals surface area contributed by atoms with Crippen molar-refractivity contribution in [3.05, 3.63) is 0 Å². The van der Waals surface area contributed by atoms with Gasteiger partial charge < -0.3 is 54.8 Å². The molecular weight excluding hydrogens is 448 g/mol. The summed E-state index contributed by atoms with van der Waals surface area (Å²) in [5.74, 6) is 0. The van der Waals surface area contributed by atoms with E-state index in [1.165, 1.54) is 0 Å². The Morgan fingerprint density at radius 2 is 0.231 bits per heavy atom. The van der Waals surface area contributed by atoms with Crippen molar-refractivity contribution in [3.63, 3.8) is 0 Å². The van der Waals surface area contributed by atoms with E-state index in [9.17, 15) is 0 Å². The van der Waals surface area contributed by atoms with Gasteiger partial charge in [0, 0.05) is 63.2 Å². The van der Waals surface area contributed by atoms with Crippen molar-refractivity contribution >= 4 is 0 Å². The Morgan fingerprint density at radius 3 is 0.231 bits per heavy atom. The average Bonchev–Trinajstić information content (AvgIpc) is 0. The van der Waals surface area contributed by atoms with Crippen LogP contribution < -0.4 is 0 Å². The predicted molar refractivity (Wildman–Crippen MR) is 37.4 cm³/mol. The zero-order valence-electron chi connectivity index (χ0n) is 6.30. The second kappa shape index (κ2) is 791. The third-order valence-electron chi connectivity index (χ3n) is 0. The summed E-state index contributed by atoms with van der Waals surface area (Å²) < 4.78 is 0. The summed E-state index contributed by atoms with van der Waals surface area (Å²) in [6.45, 7) is 0. The van der Waals surface area contributed by atoms with Crippen molar-refractivity contribution in [3.8, 4) is 0 Å². The number of hydrogen-bond acceptors (Lipinski definition) is 0. The van der Waals surface area contributed by atoms with E-state index < -0.39 is 0 Å². The molecule has 0 saturated carbocycles. The van der Waals surface area contributed by atoms with Crippen LogP contribution in [0.15, 0.2) is 0 Å². The van der Waals surface area contributed by atoms with Crippen LogP contribution in [-0.4, -0.2) is 49.3 Å². The van der Waals surface area contributed by atoms with Gasteiger partial charge in [-0.05, 0) is 0 Å². The van der Waals surface area contributed by atoms with Crippen molar-refractivity contribution in [1.82, 2.24) is 0 Å². The molecule has 0 saturated heterocycles. The molecular formula is H21Mo3O10+. The Kier molecular flexibility index (Phi) is 60100. The topological polar surface area (TPSA) is 316 Å². The van der Waals surface area contributed by atoms with Gasteiger partial charge in [-0.15, -0.1) is 0 Å². The molecule has 0 atom stereocenters. The first-order valence-electron chi connectivity index (χ1n) is 0. The van der Waals surface area contributed by atoms with Crippen LogP contribution in [0.4, 0.5) is 0 Å². The maximum absolute atomic E-state index is 0. The smallest absolute Gasteiger partial charge is 0 e. The van der Waals surface area contributed by atoms with Gasteiger partial charge in [0.2, 0.25) is 0 Å². The first-order chi connectivity index (χ1) is 0. The molecule has 0 aromatic heterocycles. The van der Waals surface area contributed by atoms with Gasteiger partial charge in [0.15, 0.2) is 0 Å².